The van der Waals surface area contributed by atoms with Crippen LogP contribution in [-0.2, 0) is 13.0 Å². The number of benzene rings is 2. The number of aliphatic hydroxyl groups is 1. The first-order valence-electron chi connectivity index (χ1n) is 10.9. The zero-order valence-corrected chi connectivity index (χ0v) is 19.7. The van der Waals surface area contributed by atoms with Gasteiger partial charge in [-0.05, 0) is 35.9 Å². The van der Waals surface area contributed by atoms with Gasteiger partial charge in [0.25, 0.3) is 0 Å². The first-order chi connectivity index (χ1) is 15.4. The Morgan fingerprint density at radius 3 is 2.53 bits per heavy atom. The molecular weight excluding hydrogens is 420 g/mol. The van der Waals surface area contributed by atoms with E-state index in [4.69, 9.17) is 11.6 Å². The molecule has 0 aromatic heterocycles. The fourth-order valence-electron chi connectivity index (χ4n) is 3.90. The van der Waals surface area contributed by atoms with E-state index in [-0.39, 0.29) is 12.8 Å². The van der Waals surface area contributed by atoms with Gasteiger partial charge in [0.1, 0.15) is 17.7 Å². The van der Waals surface area contributed by atoms with Crippen LogP contribution >= 0.6 is 11.6 Å². The minimum atomic E-state index is 0.0177. The summed E-state index contributed by atoms with van der Waals surface area (Å²) in [6.45, 7) is 10.00. The van der Waals surface area contributed by atoms with Crippen LogP contribution in [0.2, 0.25) is 5.02 Å². The summed E-state index contributed by atoms with van der Waals surface area (Å²) in [6, 6.07) is 18.4. The second-order valence-corrected chi connectivity index (χ2v) is 8.48. The van der Waals surface area contributed by atoms with E-state index in [9.17, 15) is 5.11 Å². The second kappa shape index (κ2) is 11.1. The zero-order valence-electron chi connectivity index (χ0n) is 19.0. The summed E-state index contributed by atoms with van der Waals surface area (Å²) in [4.78, 5) is 6.46. The maximum atomic E-state index is 9.29. The number of nitrogens with one attached hydrogen (secondary N) is 1. The molecule has 0 radical (unpaired) electrons. The summed E-state index contributed by atoms with van der Waals surface area (Å²) >= 11 is 6.26. The van der Waals surface area contributed by atoms with Crippen LogP contribution in [0.15, 0.2) is 91.2 Å². The molecule has 1 atom stereocenters. The molecule has 32 heavy (non-hydrogen) atoms. The molecule has 1 aliphatic rings. The van der Waals surface area contributed by atoms with Crippen molar-refractivity contribution in [1.29, 1.82) is 0 Å². The summed E-state index contributed by atoms with van der Waals surface area (Å²) in [6.07, 6.45) is 3.28. The van der Waals surface area contributed by atoms with Gasteiger partial charge in [-0.15, -0.1) is 0 Å². The summed E-state index contributed by atoms with van der Waals surface area (Å²) in [5, 5.41) is 13.7. The molecule has 0 saturated carbocycles. The normalized spacial score (nSPS) is 15.5. The third kappa shape index (κ3) is 5.67. The van der Waals surface area contributed by atoms with Gasteiger partial charge in [0.2, 0.25) is 0 Å². The third-order valence-electron chi connectivity index (χ3n) is 5.72. The van der Waals surface area contributed by atoms with Crippen LogP contribution < -0.4 is 5.32 Å². The van der Waals surface area contributed by atoms with Crippen molar-refractivity contribution in [2.24, 2.45) is 0 Å². The van der Waals surface area contributed by atoms with Gasteiger partial charge in [-0.1, -0.05) is 67.2 Å². The Morgan fingerprint density at radius 1 is 1.16 bits per heavy atom. The molecule has 0 amide bonds. The number of aliphatic hydroxyl groups excluding tert-OH is 1. The highest BCUT2D eigenvalue weighted by Gasteiger charge is 2.35. The minimum absolute atomic E-state index is 0.0177. The number of hydrogen-bond donors (Lipinski definition) is 2. The monoisotopic (exact) mass is 452 g/mol. The van der Waals surface area contributed by atoms with Crippen LogP contribution in [-0.4, -0.2) is 53.2 Å². The lowest BCUT2D eigenvalue weighted by Crippen LogP contribution is -2.40. The lowest BCUT2D eigenvalue weighted by Gasteiger charge is -2.33. The molecule has 2 aromatic carbocycles. The summed E-state index contributed by atoms with van der Waals surface area (Å²) in [5.41, 5.74) is 4.31. The van der Waals surface area contributed by atoms with Gasteiger partial charge in [0, 0.05) is 45.2 Å². The topological polar surface area (TPSA) is 42.0 Å². The fourth-order valence-corrected chi connectivity index (χ4v) is 4.11. The highest BCUT2D eigenvalue weighted by atomic mass is 35.5. The van der Waals surface area contributed by atoms with Gasteiger partial charge in [0.15, 0.2) is 0 Å². The molecule has 1 aliphatic heterocycles. The van der Waals surface area contributed by atoms with E-state index in [0.29, 0.717) is 6.42 Å². The molecule has 0 saturated heterocycles. The molecular formula is C26H33ClN4O. The number of halogens is 1. The van der Waals surface area contributed by atoms with Gasteiger partial charge in [-0.2, -0.15) is 0 Å². The summed E-state index contributed by atoms with van der Waals surface area (Å²) in [7, 11) is 4.00. The van der Waals surface area contributed by atoms with E-state index in [2.05, 4.69) is 58.6 Å². The van der Waals surface area contributed by atoms with E-state index in [0.717, 1.165) is 47.3 Å². The molecule has 1 unspecified atom stereocenters. The molecule has 0 spiro atoms. The number of hydrogen-bond acceptors (Lipinski definition) is 5. The van der Waals surface area contributed by atoms with Crippen molar-refractivity contribution in [3.8, 4) is 0 Å². The average molecular weight is 453 g/mol. The molecule has 170 valence electrons. The third-order valence-corrected chi connectivity index (χ3v) is 5.95. The summed E-state index contributed by atoms with van der Waals surface area (Å²) < 4.78 is 0. The highest BCUT2D eigenvalue weighted by molar-refractivity contribution is 6.30. The Bertz CT molecular complexity index is 959. The Kier molecular flexibility index (Phi) is 8.26. The lowest BCUT2D eigenvalue weighted by molar-refractivity contribution is 0.233. The van der Waals surface area contributed by atoms with Gasteiger partial charge in [-0.25, -0.2) is 0 Å². The average Bonchev–Trinajstić information content (AvgIpc) is 3.14. The Labute approximate surface area is 196 Å². The molecule has 5 nitrogen and oxygen atoms in total. The molecule has 0 bridgehead atoms. The SMILES string of the molecule is C=CN(C)C1=C(C(=C)N(C)CCCO)N(Cc2ccccc2)C(Cc2cccc(Cl)c2)N1. The number of rotatable bonds is 11. The quantitative estimate of drug-likeness (QED) is 0.529. The molecule has 2 aromatic rings. The van der Waals surface area contributed by atoms with Crippen molar-refractivity contribution in [1.82, 2.24) is 20.0 Å². The van der Waals surface area contributed by atoms with Gasteiger partial charge < -0.3 is 25.1 Å². The van der Waals surface area contributed by atoms with Crippen molar-refractivity contribution in [2.75, 3.05) is 27.2 Å². The predicted molar refractivity (Wildman–Crippen MR) is 133 cm³/mol. The predicted octanol–water partition coefficient (Wildman–Crippen LogP) is 4.39. The van der Waals surface area contributed by atoms with Crippen LogP contribution in [0, 0.1) is 0 Å². The maximum absolute atomic E-state index is 9.29. The van der Waals surface area contributed by atoms with E-state index < -0.39 is 0 Å². The molecule has 3 rings (SSSR count). The Balaban J connectivity index is 1.99. The van der Waals surface area contributed by atoms with Crippen molar-refractivity contribution >= 4 is 11.6 Å². The first-order valence-corrected chi connectivity index (χ1v) is 11.2. The van der Waals surface area contributed by atoms with Crippen LogP contribution in [0.1, 0.15) is 17.5 Å². The summed E-state index contributed by atoms with van der Waals surface area (Å²) in [5.74, 6) is 0.962. The fraction of sp³-hybridized carbons (Fsp3) is 0.308. The van der Waals surface area contributed by atoms with Crippen LogP contribution in [0.25, 0.3) is 0 Å². The van der Waals surface area contributed by atoms with Gasteiger partial charge in [0.05, 0.1) is 5.70 Å². The van der Waals surface area contributed by atoms with Crippen LogP contribution in [0.5, 0.6) is 0 Å². The molecule has 0 aliphatic carbocycles. The van der Waals surface area contributed by atoms with Crippen molar-refractivity contribution < 1.29 is 5.11 Å². The molecule has 2 N–H and O–H groups in total. The second-order valence-electron chi connectivity index (χ2n) is 8.04. The van der Waals surface area contributed by atoms with E-state index in [1.54, 1.807) is 6.20 Å². The smallest absolute Gasteiger partial charge is 0.133 e. The Hall–Kier alpha value is -2.89. The lowest BCUT2D eigenvalue weighted by atomic mass is 10.1. The van der Waals surface area contributed by atoms with Crippen LogP contribution in [0.4, 0.5) is 0 Å². The standard InChI is InChI=1S/C26H33ClN4O/c1-5-29(3)26-25(20(2)30(4)15-10-16-32)31(19-21-11-7-6-8-12-21)24(28-26)18-22-13-9-14-23(27)17-22/h5-9,11-14,17,24,28,32H,1-2,10,15-16,18-19H2,3-4H3. The maximum Gasteiger partial charge on any atom is 0.133 e. The number of likely N-dealkylation sites (N-methyl/N-ethyl adjacent to an activating group) is 1. The highest BCUT2D eigenvalue weighted by Crippen LogP contribution is 2.32. The van der Waals surface area contributed by atoms with Crippen molar-refractivity contribution in [3.05, 3.63) is 107 Å². The largest absolute Gasteiger partial charge is 0.396 e. The van der Waals surface area contributed by atoms with Crippen molar-refractivity contribution in [2.45, 2.75) is 25.6 Å². The zero-order chi connectivity index (χ0) is 23.1. The number of nitrogens with zero attached hydrogens (tertiary/aromatic N) is 3. The van der Waals surface area contributed by atoms with E-state index in [1.165, 1.54) is 5.56 Å². The van der Waals surface area contributed by atoms with Crippen molar-refractivity contribution in [3.63, 3.8) is 0 Å². The minimum Gasteiger partial charge on any atom is -0.396 e. The van der Waals surface area contributed by atoms with Gasteiger partial charge >= 0.3 is 0 Å². The van der Waals surface area contributed by atoms with Crippen LogP contribution in [0.3, 0.4) is 0 Å². The molecule has 6 heteroatoms. The van der Waals surface area contributed by atoms with E-state index >= 15 is 0 Å². The van der Waals surface area contributed by atoms with Gasteiger partial charge in [-0.3, -0.25) is 0 Å². The molecule has 1 heterocycles. The molecule has 0 fully saturated rings. The first kappa shape index (κ1) is 23.8. The Morgan fingerprint density at radius 2 is 1.88 bits per heavy atom. The van der Waals surface area contributed by atoms with E-state index in [1.807, 2.05) is 43.3 Å².